The summed E-state index contributed by atoms with van der Waals surface area (Å²) in [5.74, 6) is -1.36. The van der Waals surface area contributed by atoms with Gasteiger partial charge in [-0.15, -0.1) is 0 Å². The van der Waals surface area contributed by atoms with Crippen molar-refractivity contribution in [1.29, 1.82) is 0 Å². The molecule has 0 radical (unpaired) electrons. The highest BCUT2D eigenvalue weighted by Crippen LogP contribution is 2.25. The van der Waals surface area contributed by atoms with Crippen molar-refractivity contribution in [2.75, 3.05) is 0 Å². The fourth-order valence-electron chi connectivity index (χ4n) is 3.22. The summed E-state index contributed by atoms with van der Waals surface area (Å²) in [5.41, 5.74) is 0.681. The Labute approximate surface area is 151 Å². The molecule has 0 aromatic heterocycles. The lowest BCUT2D eigenvalue weighted by Gasteiger charge is -2.16. The zero-order valence-electron chi connectivity index (χ0n) is 14.2. The topological polar surface area (TPSA) is 66.4 Å². The van der Waals surface area contributed by atoms with Crippen molar-refractivity contribution in [3.05, 3.63) is 54.1 Å². The van der Waals surface area contributed by atoms with Gasteiger partial charge in [0.15, 0.2) is 0 Å². The van der Waals surface area contributed by atoms with E-state index in [4.69, 9.17) is 0 Å². The lowest BCUT2D eigenvalue weighted by Crippen LogP contribution is -2.34. The van der Waals surface area contributed by atoms with Crippen molar-refractivity contribution in [2.45, 2.75) is 49.1 Å². The monoisotopic (exact) mass is 381 g/mol. The fraction of sp³-hybridized carbons (Fsp3) is 0.368. The quantitative estimate of drug-likeness (QED) is 0.796. The molecule has 2 atom stereocenters. The van der Waals surface area contributed by atoms with Crippen LogP contribution in [0.3, 0.4) is 0 Å². The van der Waals surface area contributed by atoms with Crippen molar-refractivity contribution in [3.8, 4) is 11.1 Å². The first-order valence-corrected chi connectivity index (χ1v) is 10.1. The number of rotatable bonds is 4. The van der Waals surface area contributed by atoms with Gasteiger partial charge in [-0.2, -0.15) is 0 Å². The summed E-state index contributed by atoms with van der Waals surface area (Å²) < 4.78 is 54.7. The minimum Gasteiger partial charge on any atom is -0.393 e. The van der Waals surface area contributed by atoms with E-state index in [0.717, 1.165) is 18.6 Å². The molecule has 4 nitrogen and oxygen atoms in total. The molecule has 0 heterocycles. The van der Waals surface area contributed by atoms with Crippen LogP contribution in [0, 0.1) is 11.6 Å². The highest BCUT2D eigenvalue weighted by Gasteiger charge is 2.23. The predicted octanol–water partition coefficient (Wildman–Crippen LogP) is 3.60. The third kappa shape index (κ3) is 4.47. The number of aliphatic hydroxyl groups excluding tert-OH is 1. The van der Waals surface area contributed by atoms with Crippen LogP contribution < -0.4 is 4.72 Å². The van der Waals surface area contributed by atoms with Gasteiger partial charge in [-0.05, 0) is 61.9 Å². The van der Waals surface area contributed by atoms with Crippen LogP contribution in [0.2, 0.25) is 0 Å². The maximum Gasteiger partial charge on any atom is 0.240 e. The standard InChI is InChI=1S/C19H21F2NO3S/c20-14-6-11-18(19(21)12-14)13-4-9-17(10-5-13)26(24,25)22-15-2-1-3-16(23)8-7-15/h4-6,9-12,15-16,22-23H,1-3,7-8H2/t15?,16-/m1/s1. The Hall–Kier alpha value is -1.83. The van der Waals surface area contributed by atoms with Gasteiger partial charge in [-0.25, -0.2) is 21.9 Å². The zero-order valence-corrected chi connectivity index (χ0v) is 15.0. The molecule has 26 heavy (non-hydrogen) atoms. The summed E-state index contributed by atoms with van der Waals surface area (Å²) in [6, 6.07) is 8.89. The minimum absolute atomic E-state index is 0.0913. The Morgan fingerprint density at radius 1 is 0.962 bits per heavy atom. The van der Waals surface area contributed by atoms with Crippen LogP contribution in [0.25, 0.3) is 11.1 Å². The maximum absolute atomic E-state index is 13.9. The van der Waals surface area contributed by atoms with Crippen molar-refractivity contribution in [1.82, 2.24) is 4.72 Å². The molecule has 2 aromatic rings. The van der Waals surface area contributed by atoms with Crippen molar-refractivity contribution in [3.63, 3.8) is 0 Å². The van der Waals surface area contributed by atoms with Gasteiger partial charge in [0.25, 0.3) is 0 Å². The lowest BCUT2D eigenvalue weighted by molar-refractivity contribution is 0.157. The highest BCUT2D eigenvalue weighted by atomic mass is 32.2. The largest absolute Gasteiger partial charge is 0.393 e. The van der Waals surface area contributed by atoms with E-state index < -0.39 is 21.7 Å². The molecular formula is C19H21F2NO3S. The molecule has 3 rings (SSSR count). The smallest absolute Gasteiger partial charge is 0.240 e. The van der Waals surface area contributed by atoms with Gasteiger partial charge in [0.05, 0.1) is 11.0 Å². The number of sulfonamides is 1. The molecule has 7 heteroatoms. The molecule has 1 aliphatic rings. The molecule has 0 saturated heterocycles. The third-order valence-corrected chi connectivity index (χ3v) is 6.20. The minimum atomic E-state index is -3.69. The van der Waals surface area contributed by atoms with E-state index in [1.807, 2.05) is 0 Å². The number of aliphatic hydroxyl groups is 1. The zero-order chi connectivity index (χ0) is 18.7. The highest BCUT2D eigenvalue weighted by molar-refractivity contribution is 7.89. The normalized spacial score (nSPS) is 21.3. The maximum atomic E-state index is 13.9. The number of hydrogen-bond donors (Lipinski definition) is 2. The Bertz CT molecular complexity index is 869. The summed E-state index contributed by atoms with van der Waals surface area (Å²) in [5, 5.41) is 9.67. The van der Waals surface area contributed by atoms with Crippen LogP contribution in [0.5, 0.6) is 0 Å². The van der Waals surface area contributed by atoms with Gasteiger partial charge >= 0.3 is 0 Å². The van der Waals surface area contributed by atoms with Gasteiger partial charge in [0.1, 0.15) is 11.6 Å². The van der Waals surface area contributed by atoms with E-state index in [1.165, 1.54) is 30.3 Å². The van der Waals surface area contributed by atoms with Crippen LogP contribution in [0.1, 0.15) is 32.1 Å². The van der Waals surface area contributed by atoms with E-state index >= 15 is 0 Å². The van der Waals surface area contributed by atoms with E-state index in [-0.39, 0.29) is 22.6 Å². The Morgan fingerprint density at radius 2 is 1.69 bits per heavy atom. The van der Waals surface area contributed by atoms with E-state index in [1.54, 1.807) is 0 Å². The lowest BCUT2D eigenvalue weighted by atomic mass is 10.1. The van der Waals surface area contributed by atoms with Crippen LogP contribution in [-0.2, 0) is 10.0 Å². The van der Waals surface area contributed by atoms with Crippen LogP contribution >= 0.6 is 0 Å². The first-order valence-electron chi connectivity index (χ1n) is 8.61. The molecular weight excluding hydrogens is 360 g/mol. The molecule has 2 aromatic carbocycles. The number of nitrogens with one attached hydrogen (secondary N) is 1. The van der Waals surface area contributed by atoms with E-state index in [0.29, 0.717) is 31.2 Å². The van der Waals surface area contributed by atoms with Crippen molar-refractivity contribution in [2.24, 2.45) is 0 Å². The van der Waals surface area contributed by atoms with Gasteiger partial charge in [-0.3, -0.25) is 0 Å². The van der Waals surface area contributed by atoms with Crippen LogP contribution in [-0.4, -0.2) is 25.7 Å². The first kappa shape index (κ1) is 18.9. The summed E-state index contributed by atoms with van der Waals surface area (Å²) in [4.78, 5) is 0.0913. The Morgan fingerprint density at radius 3 is 2.38 bits per heavy atom. The molecule has 1 fully saturated rings. The van der Waals surface area contributed by atoms with E-state index in [9.17, 15) is 22.3 Å². The van der Waals surface area contributed by atoms with Gasteiger partial charge in [0, 0.05) is 17.7 Å². The summed E-state index contributed by atoms with van der Waals surface area (Å²) in [6.45, 7) is 0. The predicted molar refractivity (Wildman–Crippen MR) is 95.0 cm³/mol. The average molecular weight is 381 g/mol. The second-order valence-corrected chi connectivity index (χ2v) is 8.34. The summed E-state index contributed by atoms with van der Waals surface area (Å²) in [6.07, 6.45) is 2.96. The van der Waals surface area contributed by atoms with Crippen LogP contribution in [0.4, 0.5) is 8.78 Å². The Balaban J connectivity index is 1.76. The summed E-state index contributed by atoms with van der Waals surface area (Å²) in [7, 11) is -3.69. The second-order valence-electron chi connectivity index (χ2n) is 6.63. The molecule has 1 unspecified atom stereocenters. The van der Waals surface area contributed by atoms with Crippen molar-refractivity contribution < 1.29 is 22.3 Å². The number of benzene rings is 2. The van der Waals surface area contributed by atoms with Crippen molar-refractivity contribution >= 4 is 10.0 Å². The van der Waals surface area contributed by atoms with Gasteiger partial charge in [-0.1, -0.05) is 12.1 Å². The molecule has 0 spiro atoms. The molecule has 0 aliphatic heterocycles. The van der Waals surface area contributed by atoms with E-state index in [2.05, 4.69) is 4.72 Å². The molecule has 140 valence electrons. The molecule has 1 aliphatic carbocycles. The number of halogens is 2. The third-order valence-electron chi connectivity index (χ3n) is 4.67. The molecule has 0 bridgehead atoms. The molecule has 1 saturated carbocycles. The molecule has 2 N–H and O–H groups in total. The van der Waals surface area contributed by atoms with Gasteiger partial charge < -0.3 is 5.11 Å². The first-order chi connectivity index (χ1) is 12.3. The second kappa shape index (κ2) is 7.82. The number of hydrogen-bond acceptors (Lipinski definition) is 3. The average Bonchev–Trinajstić information content (AvgIpc) is 2.79. The summed E-state index contributed by atoms with van der Waals surface area (Å²) >= 11 is 0. The fourth-order valence-corrected chi connectivity index (χ4v) is 4.53. The Kier molecular flexibility index (Phi) is 5.70. The molecule has 0 amide bonds. The van der Waals surface area contributed by atoms with Gasteiger partial charge in [0.2, 0.25) is 10.0 Å². The SMILES string of the molecule is O=S(=O)(NC1CCC[C@@H](O)CC1)c1ccc(-c2ccc(F)cc2F)cc1. The van der Waals surface area contributed by atoms with Crippen LogP contribution in [0.15, 0.2) is 47.4 Å².